The number of nitrogens with zero attached hydrogens (tertiary/aromatic N) is 4. The lowest BCUT2D eigenvalue weighted by Gasteiger charge is -2.01. The normalized spacial score (nSPS) is 10.5. The van der Waals surface area contributed by atoms with E-state index >= 15 is 0 Å². The van der Waals surface area contributed by atoms with Crippen LogP contribution in [0.3, 0.4) is 0 Å². The Labute approximate surface area is 118 Å². The fourth-order valence-electron chi connectivity index (χ4n) is 1.71. The number of rotatable bonds is 4. The zero-order chi connectivity index (χ0) is 14.7. The Morgan fingerprint density at radius 2 is 2.33 bits per heavy atom. The van der Waals surface area contributed by atoms with Crippen molar-refractivity contribution in [3.8, 4) is 5.69 Å². The van der Waals surface area contributed by atoms with E-state index in [0.29, 0.717) is 11.5 Å². The number of H-pyrrole nitrogens is 1. The molecule has 0 fully saturated rings. The summed E-state index contributed by atoms with van der Waals surface area (Å²) in [6.45, 7) is -0.00994. The Morgan fingerprint density at radius 1 is 1.43 bits per heavy atom. The summed E-state index contributed by atoms with van der Waals surface area (Å²) in [5, 5.41) is 10.2. The van der Waals surface area contributed by atoms with Crippen molar-refractivity contribution in [1.82, 2.24) is 25.0 Å². The Bertz CT molecular complexity index is 754. The van der Waals surface area contributed by atoms with E-state index < -0.39 is 5.97 Å². The van der Waals surface area contributed by atoms with Gasteiger partial charge in [-0.1, -0.05) is 6.07 Å². The summed E-state index contributed by atoms with van der Waals surface area (Å²) in [6, 6.07) is 5.89. The summed E-state index contributed by atoms with van der Waals surface area (Å²) < 4.78 is 19.6. The molecular formula is C13H10FN5O2. The summed E-state index contributed by atoms with van der Waals surface area (Å²) >= 11 is 0. The average Bonchev–Trinajstić information content (AvgIpc) is 3.16. The van der Waals surface area contributed by atoms with Crippen LogP contribution in [0.2, 0.25) is 0 Å². The number of nitrogens with one attached hydrogen (secondary N) is 1. The van der Waals surface area contributed by atoms with E-state index in [1.807, 2.05) is 0 Å². The molecular weight excluding hydrogens is 277 g/mol. The van der Waals surface area contributed by atoms with E-state index in [4.69, 9.17) is 4.74 Å². The molecule has 0 aliphatic carbocycles. The van der Waals surface area contributed by atoms with Gasteiger partial charge in [0.15, 0.2) is 12.4 Å². The molecule has 3 aromatic rings. The van der Waals surface area contributed by atoms with E-state index in [-0.39, 0.29) is 18.0 Å². The van der Waals surface area contributed by atoms with Crippen molar-refractivity contribution in [3.63, 3.8) is 0 Å². The predicted octanol–water partition coefficient (Wildman–Crippen LogP) is 1.49. The average molecular weight is 287 g/mol. The van der Waals surface area contributed by atoms with Gasteiger partial charge in [0.25, 0.3) is 0 Å². The summed E-state index contributed by atoms with van der Waals surface area (Å²) in [6.07, 6.45) is 4.15. The molecule has 0 bridgehead atoms. The van der Waals surface area contributed by atoms with E-state index in [2.05, 4.69) is 20.3 Å². The van der Waals surface area contributed by atoms with Crippen LogP contribution >= 0.6 is 0 Å². The Hall–Kier alpha value is -3.03. The lowest BCUT2D eigenvalue weighted by molar-refractivity contribution is 0.0462. The standard InChI is InChI=1S/C13H10FN5O2/c14-10-2-1-3-11(4-10)19-6-9(5-17-19)13(20)21-7-12-15-8-16-18-12/h1-6,8H,7H2,(H,15,16,18). The maximum atomic E-state index is 13.1. The number of benzene rings is 1. The molecule has 21 heavy (non-hydrogen) atoms. The molecule has 0 saturated heterocycles. The third-order valence-corrected chi connectivity index (χ3v) is 2.70. The van der Waals surface area contributed by atoms with Gasteiger partial charge in [-0.05, 0) is 18.2 Å². The van der Waals surface area contributed by atoms with Crippen LogP contribution in [0.5, 0.6) is 0 Å². The van der Waals surface area contributed by atoms with Crippen LogP contribution in [0.25, 0.3) is 5.69 Å². The van der Waals surface area contributed by atoms with E-state index in [0.717, 1.165) is 0 Å². The SMILES string of the molecule is O=C(OCc1ncn[nH]1)c1cnn(-c2cccc(F)c2)c1. The molecule has 1 aromatic carbocycles. The van der Waals surface area contributed by atoms with Crippen molar-refractivity contribution in [2.24, 2.45) is 0 Å². The molecule has 0 spiro atoms. The van der Waals surface area contributed by atoms with Crippen LogP contribution in [0.4, 0.5) is 4.39 Å². The monoisotopic (exact) mass is 287 g/mol. The second-order valence-electron chi connectivity index (χ2n) is 4.16. The molecule has 0 saturated carbocycles. The summed E-state index contributed by atoms with van der Waals surface area (Å²) in [5.41, 5.74) is 0.781. The topological polar surface area (TPSA) is 85.7 Å². The third-order valence-electron chi connectivity index (χ3n) is 2.70. The maximum Gasteiger partial charge on any atom is 0.341 e. The fraction of sp³-hybridized carbons (Fsp3) is 0.0769. The second kappa shape index (κ2) is 5.53. The largest absolute Gasteiger partial charge is 0.454 e. The first-order chi connectivity index (χ1) is 10.2. The molecule has 8 heteroatoms. The van der Waals surface area contributed by atoms with Crippen LogP contribution in [-0.2, 0) is 11.3 Å². The first kappa shape index (κ1) is 13.0. The highest BCUT2D eigenvalue weighted by Gasteiger charge is 2.12. The molecule has 0 unspecified atom stereocenters. The van der Waals surface area contributed by atoms with Crippen LogP contribution in [0.15, 0.2) is 43.0 Å². The van der Waals surface area contributed by atoms with Crippen LogP contribution in [0.1, 0.15) is 16.2 Å². The van der Waals surface area contributed by atoms with Crippen LogP contribution in [-0.4, -0.2) is 30.9 Å². The molecule has 0 amide bonds. The molecule has 0 aliphatic rings. The number of halogens is 1. The van der Waals surface area contributed by atoms with Crippen LogP contribution in [0, 0.1) is 5.82 Å². The molecule has 7 nitrogen and oxygen atoms in total. The van der Waals surface area contributed by atoms with Crippen molar-refractivity contribution in [1.29, 1.82) is 0 Å². The summed E-state index contributed by atoms with van der Waals surface area (Å²) in [5.74, 6) is -0.479. The molecule has 0 atom stereocenters. The molecule has 3 rings (SSSR count). The summed E-state index contributed by atoms with van der Waals surface area (Å²) in [4.78, 5) is 15.7. The number of esters is 1. The Morgan fingerprint density at radius 3 is 3.10 bits per heavy atom. The number of hydrogen-bond acceptors (Lipinski definition) is 5. The van der Waals surface area contributed by atoms with Crippen molar-refractivity contribution >= 4 is 5.97 Å². The molecule has 0 radical (unpaired) electrons. The number of hydrogen-bond donors (Lipinski definition) is 1. The smallest absolute Gasteiger partial charge is 0.341 e. The van der Waals surface area contributed by atoms with Gasteiger partial charge < -0.3 is 4.74 Å². The van der Waals surface area contributed by atoms with Crippen molar-refractivity contribution in [3.05, 3.63) is 60.2 Å². The minimum Gasteiger partial charge on any atom is -0.454 e. The Kier molecular flexibility index (Phi) is 3.42. The highest BCUT2D eigenvalue weighted by Crippen LogP contribution is 2.11. The molecule has 2 heterocycles. The maximum absolute atomic E-state index is 13.1. The van der Waals surface area contributed by atoms with Gasteiger partial charge >= 0.3 is 5.97 Å². The zero-order valence-corrected chi connectivity index (χ0v) is 10.7. The van der Waals surface area contributed by atoms with Gasteiger partial charge in [-0.3, -0.25) is 5.10 Å². The van der Waals surface area contributed by atoms with Crippen molar-refractivity contribution < 1.29 is 13.9 Å². The molecule has 106 valence electrons. The van der Waals surface area contributed by atoms with E-state index in [9.17, 15) is 9.18 Å². The van der Waals surface area contributed by atoms with Gasteiger partial charge in [0.2, 0.25) is 0 Å². The fourth-order valence-corrected chi connectivity index (χ4v) is 1.71. The number of carbonyl (C=O) groups excluding carboxylic acids is 1. The van der Waals surface area contributed by atoms with Crippen LogP contribution < -0.4 is 0 Å². The van der Waals surface area contributed by atoms with E-state index in [1.165, 1.54) is 35.5 Å². The van der Waals surface area contributed by atoms with E-state index in [1.54, 1.807) is 12.1 Å². The molecule has 0 aliphatic heterocycles. The lowest BCUT2D eigenvalue weighted by Crippen LogP contribution is -2.05. The first-order valence-electron chi connectivity index (χ1n) is 6.04. The summed E-state index contributed by atoms with van der Waals surface area (Å²) in [7, 11) is 0. The molecule has 2 aromatic heterocycles. The minimum absolute atomic E-state index is 0.00994. The highest BCUT2D eigenvalue weighted by atomic mass is 19.1. The number of carbonyl (C=O) groups is 1. The van der Waals surface area contributed by atoms with Gasteiger partial charge in [-0.25, -0.2) is 18.9 Å². The lowest BCUT2D eigenvalue weighted by atomic mass is 10.3. The number of aromatic amines is 1. The third kappa shape index (κ3) is 2.94. The Balaban J connectivity index is 1.71. The quantitative estimate of drug-likeness (QED) is 0.735. The van der Waals surface area contributed by atoms with Crippen molar-refractivity contribution in [2.45, 2.75) is 6.61 Å². The van der Waals surface area contributed by atoms with Gasteiger partial charge in [-0.15, -0.1) is 0 Å². The zero-order valence-electron chi connectivity index (χ0n) is 10.7. The van der Waals surface area contributed by atoms with Gasteiger partial charge in [0.1, 0.15) is 12.1 Å². The van der Waals surface area contributed by atoms with Gasteiger partial charge in [-0.2, -0.15) is 10.2 Å². The highest BCUT2D eigenvalue weighted by molar-refractivity contribution is 5.88. The number of aromatic nitrogens is 5. The van der Waals surface area contributed by atoms with Gasteiger partial charge in [0, 0.05) is 6.20 Å². The second-order valence-corrected chi connectivity index (χ2v) is 4.16. The molecule has 1 N–H and O–H groups in total. The van der Waals surface area contributed by atoms with Gasteiger partial charge in [0.05, 0.1) is 17.4 Å². The number of ether oxygens (including phenoxy) is 1. The first-order valence-corrected chi connectivity index (χ1v) is 6.04. The van der Waals surface area contributed by atoms with Crippen molar-refractivity contribution in [2.75, 3.05) is 0 Å². The predicted molar refractivity (Wildman–Crippen MR) is 69.0 cm³/mol. The minimum atomic E-state index is -0.547.